The zero-order valence-corrected chi connectivity index (χ0v) is 13.4. The molecule has 0 radical (unpaired) electrons. The maximum atomic E-state index is 8.62. The van der Waals surface area contributed by atoms with Gasteiger partial charge in [-0.15, -0.1) is 12.4 Å². The highest BCUT2D eigenvalue weighted by atomic mass is 35.5. The smallest absolute Gasteiger partial charge is 0.164 e. The molecule has 0 aliphatic carbocycles. The van der Waals surface area contributed by atoms with Gasteiger partial charge in [0, 0.05) is 6.54 Å². The van der Waals surface area contributed by atoms with Crippen molar-refractivity contribution in [3.05, 3.63) is 0 Å². The molecule has 3 N–H and O–H groups in total. The summed E-state index contributed by atoms with van der Waals surface area (Å²) in [6.07, 6.45) is 13.6. The summed E-state index contributed by atoms with van der Waals surface area (Å²) >= 11 is 0. The Bertz CT molecular complexity index is 157. The van der Waals surface area contributed by atoms with Gasteiger partial charge in [-0.05, 0) is 13.0 Å². The fourth-order valence-corrected chi connectivity index (χ4v) is 2.15. The maximum absolute atomic E-state index is 8.62. The lowest BCUT2D eigenvalue weighted by Gasteiger charge is -2.06. The van der Waals surface area contributed by atoms with Crippen molar-refractivity contribution in [3.8, 4) is 0 Å². The molecule has 0 heterocycles. The average Bonchev–Trinajstić information content (AvgIpc) is 2.34. The molecule has 0 saturated carbocycles. The number of aliphatic hydroxyl groups is 2. The van der Waals surface area contributed by atoms with Crippen molar-refractivity contribution in [1.82, 2.24) is 5.32 Å². The van der Waals surface area contributed by atoms with E-state index in [0.717, 1.165) is 13.0 Å². The van der Waals surface area contributed by atoms with Crippen molar-refractivity contribution < 1.29 is 10.2 Å². The molecule has 0 bridgehead atoms. The summed E-state index contributed by atoms with van der Waals surface area (Å²) in [5, 5.41) is 20.3. The number of hydrogen-bond donors (Lipinski definition) is 3. The number of aliphatic hydroxyl groups excluding tert-OH is 1. The van der Waals surface area contributed by atoms with Gasteiger partial charge < -0.3 is 15.5 Å². The van der Waals surface area contributed by atoms with Crippen LogP contribution in [0.4, 0.5) is 0 Å². The van der Waals surface area contributed by atoms with Crippen LogP contribution in [0.1, 0.15) is 77.6 Å². The predicted octanol–water partition coefficient (Wildman–Crippen LogP) is 3.62. The molecular formula is C15H34ClNO2. The largest absolute Gasteiger partial charge is 0.367 e. The first kappa shape index (κ1) is 21.5. The summed E-state index contributed by atoms with van der Waals surface area (Å²) in [6.45, 7) is 3.45. The van der Waals surface area contributed by atoms with Crippen LogP contribution in [0.2, 0.25) is 0 Å². The minimum Gasteiger partial charge on any atom is -0.367 e. The first-order valence-corrected chi connectivity index (χ1v) is 7.84. The Morgan fingerprint density at radius 3 is 1.58 bits per heavy atom. The molecule has 0 aromatic carbocycles. The van der Waals surface area contributed by atoms with Gasteiger partial charge in [0.15, 0.2) is 6.29 Å². The molecule has 0 spiro atoms. The van der Waals surface area contributed by atoms with Gasteiger partial charge in [0.2, 0.25) is 0 Å². The van der Waals surface area contributed by atoms with Crippen LogP contribution in [0.5, 0.6) is 0 Å². The van der Waals surface area contributed by atoms with E-state index in [9.17, 15) is 0 Å². The van der Waals surface area contributed by atoms with Gasteiger partial charge in [-0.1, -0.05) is 71.1 Å². The first-order valence-electron chi connectivity index (χ1n) is 7.84. The normalized spacial score (nSPS) is 10.7. The van der Waals surface area contributed by atoms with Crippen molar-refractivity contribution >= 4 is 12.4 Å². The fourth-order valence-electron chi connectivity index (χ4n) is 2.15. The summed E-state index contributed by atoms with van der Waals surface area (Å²) < 4.78 is 0. The Hall–Kier alpha value is 0.170. The Morgan fingerprint density at radius 2 is 1.16 bits per heavy atom. The molecule has 0 unspecified atom stereocenters. The number of rotatable bonds is 14. The number of unbranched alkanes of at least 4 members (excludes halogenated alkanes) is 10. The topological polar surface area (TPSA) is 52.5 Å². The summed E-state index contributed by atoms with van der Waals surface area (Å²) in [5.74, 6) is 0. The zero-order valence-electron chi connectivity index (χ0n) is 12.6. The van der Waals surface area contributed by atoms with Crippen LogP contribution in [0.3, 0.4) is 0 Å². The van der Waals surface area contributed by atoms with Gasteiger partial charge in [0.25, 0.3) is 0 Å². The van der Waals surface area contributed by atoms with E-state index in [1.165, 1.54) is 64.2 Å². The standard InChI is InChI=1S/C15H33NO2.ClH/c1-2-3-4-5-6-7-8-9-10-11-12-13-16-14-15(17)18;/h15-18H,2-14H2,1H3;1H. The van der Waals surface area contributed by atoms with Crippen molar-refractivity contribution in [2.75, 3.05) is 13.1 Å². The van der Waals surface area contributed by atoms with E-state index in [2.05, 4.69) is 12.2 Å². The Labute approximate surface area is 125 Å². The van der Waals surface area contributed by atoms with Crippen LogP contribution in [0, 0.1) is 0 Å². The lowest BCUT2D eigenvalue weighted by molar-refractivity contribution is -0.0370. The van der Waals surface area contributed by atoms with Crippen LogP contribution < -0.4 is 5.32 Å². The van der Waals surface area contributed by atoms with Crippen molar-refractivity contribution in [3.63, 3.8) is 0 Å². The minimum absolute atomic E-state index is 0. The highest BCUT2D eigenvalue weighted by molar-refractivity contribution is 5.85. The maximum Gasteiger partial charge on any atom is 0.164 e. The number of nitrogens with one attached hydrogen (secondary N) is 1. The van der Waals surface area contributed by atoms with E-state index in [0.29, 0.717) is 0 Å². The predicted molar refractivity (Wildman–Crippen MR) is 84.8 cm³/mol. The van der Waals surface area contributed by atoms with E-state index < -0.39 is 6.29 Å². The van der Waals surface area contributed by atoms with Gasteiger partial charge in [0.1, 0.15) is 0 Å². The molecule has 0 aliphatic rings. The Kier molecular flexibility index (Phi) is 20.5. The molecule has 118 valence electrons. The van der Waals surface area contributed by atoms with E-state index in [-0.39, 0.29) is 19.0 Å². The molecule has 3 nitrogen and oxygen atoms in total. The van der Waals surface area contributed by atoms with Gasteiger partial charge in [-0.2, -0.15) is 0 Å². The van der Waals surface area contributed by atoms with Gasteiger partial charge >= 0.3 is 0 Å². The highest BCUT2D eigenvalue weighted by Crippen LogP contribution is 2.10. The monoisotopic (exact) mass is 295 g/mol. The van der Waals surface area contributed by atoms with Gasteiger partial charge in [0.05, 0.1) is 0 Å². The molecule has 19 heavy (non-hydrogen) atoms. The van der Waals surface area contributed by atoms with Crippen molar-refractivity contribution in [2.24, 2.45) is 0 Å². The molecular weight excluding hydrogens is 262 g/mol. The number of hydrogen-bond acceptors (Lipinski definition) is 3. The lowest BCUT2D eigenvalue weighted by Crippen LogP contribution is -2.26. The second-order valence-electron chi connectivity index (χ2n) is 5.22. The lowest BCUT2D eigenvalue weighted by atomic mass is 10.1. The molecule has 0 atom stereocenters. The Morgan fingerprint density at radius 1 is 0.737 bits per heavy atom. The molecule has 0 aromatic heterocycles. The molecule has 0 aliphatic heterocycles. The number of halogens is 1. The SMILES string of the molecule is CCCCCCCCCCCCCNCC(O)O.Cl. The second-order valence-corrected chi connectivity index (χ2v) is 5.22. The van der Waals surface area contributed by atoms with Gasteiger partial charge in [-0.25, -0.2) is 0 Å². The van der Waals surface area contributed by atoms with Crippen LogP contribution in [-0.4, -0.2) is 29.6 Å². The van der Waals surface area contributed by atoms with E-state index in [4.69, 9.17) is 10.2 Å². The van der Waals surface area contributed by atoms with E-state index in [1.807, 2.05) is 0 Å². The third-order valence-corrected chi connectivity index (χ3v) is 3.28. The molecule has 0 aromatic rings. The third-order valence-electron chi connectivity index (χ3n) is 3.28. The fraction of sp³-hybridized carbons (Fsp3) is 1.00. The summed E-state index contributed by atoms with van der Waals surface area (Å²) in [5.41, 5.74) is 0. The highest BCUT2D eigenvalue weighted by Gasteiger charge is 1.95. The second kappa shape index (κ2) is 18.2. The molecule has 0 rings (SSSR count). The van der Waals surface area contributed by atoms with Crippen molar-refractivity contribution in [1.29, 1.82) is 0 Å². The van der Waals surface area contributed by atoms with Crippen LogP contribution >= 0.6 is 12.4 Å². The molecule has 0 fully saturated rings. The van der Waals surface area contributed by atoms with E-state index in [1.54, 1.807) is 0 Å². The summed E-state index contributed by atoms with van der Waals surface area (Å²) in [6, 6.07) is 0. The third kappa shape index (κ3) is 20.6. The Balaban J connectivity index is 0. The minimum atomic E-state index is -1.21. The molecule has 4 heteroatoms. The van der Waals surface area contributed by atoms with Crippen LogP contribution in [0.25, 0.3) is 0 Å². The average molecular weight is 296 g/mol. The quantitative estimate of drug-likeness (QED) is 0.339. The first-order chi connectivity index (χ1) is 8.77. The summed E-state index contributed by atoms with van der Waals surface area (Å²) in [7, 11) is 0. The zero-order chi connectivity index (χ0) is 13.5. The van der Waals surface area contributed by atoms with Gasteiger partial charge in [-0.3, -0.25) is 0 Å². The molecule has 0 amide bonds. The van der Waals surface area contributed by atoms with Crippen LogP contribution in [-0.2, 0) is 0 Å². The van der Waals surface area contributed by atoms with Crippen molar-refractivity contribution in [2.45, 2.75) is 83.8 Å². The van der Waals surface area contributed by atoms with E-state index >= 15 is 0 Å². The molecule has 0 saturated heterocycles. The van der Waals surface area contributed by atoms with Crippen LogP contribution in [0.15, 0.2) is 0 Å². The summed E-state index contributed by atoms with van der Waals surface area (Å²) in [4.78, 5) is 0.